The Labute approximate surface area is 140 Å². The zero-order valence-corrected chi connectivity index (χ0v) is 12.8. The number of pyridine rings is 2. The van der Waals surface area contributed by atoms with E-state index in [1.165, 1.54) is 10.6 Å². The van der Waals surface area contributed by atoms with Gasteiger partial charge in [0.25, 0.3) is 5.56 Å². The highest BCUT2D eigenvalue weighted by molar-refractivity contribution is 6.05. The van der Waals surface area contributed by atoms with Crippen LogP contribution in [0.3, 0.4) is 0 Å². The molecular formula is C19H11F3N2O. The van der Waals surface area contributed by atoms with Crippen LogP contribution in [0.25, 0.3) is 27.5 Å². The fourth-order valence-electron chi connectivity index (χ4n) is 2.94. The van der Waals surface area contributed by atoms with Gasteiger partial charge >= 0.3 is 6.18 Å². The summed E-state index contributed by atoms with van der Waals surface area (Å²) in [5, 5.41) is 2.12. The molecule has 2 aromatic heterocycles. The average Bonchev–Trinajstić information content (AvgIpc) is 2.62. The third-order valence-corrected chi connectivity index (χ3v) is 4.10. The highest BCUT2D eigenvalue weighted by Crippen LogP contribution is 2.29. The quantitative estimate of drug-likeness (QED) is 0.476. The fraction of sp³-hybridized carbons (Fsp3) is 0.0526. The number of halogens is 3. The molecule has 0 spiro atoms. The minimum Gasteiger partial charge on any atom is -0.268 e. The monoisotopic (exact) mass is 340 g/mol. The van der Waals surface area contributed by atoms with E-state index in [2.05, 4.69) is 4.98 Å². The fourth-order valence-corrected chi connectivity index (χ4v) is 2.94. The molecule has 25 heavy (non-hydrogen) atoms. The number of aromatic nitrogens is 2. The van der Waals surface area contributed by atoms with E-state index >= 15 is 0 Å². The molecule has 0 amide bonds. The summed E-state index contributed by atoms with van der Waals surface area (Å²) < 4.78 is 39.6. The molecule has 0 saturated carbocycles. The van der Waals surface area contributed by atoms with Crippen molar-refractivity contribution in [3.05, 3.63) is 82.8 Å². The van der Waals surface area contributed by atoms with Gasteiger partial charge in [-0.2, -0.15) is 13.2 Å². The van der Waals surface area contributed by atoms with Gasteiger partial charge in [0, 0.05) is 17.0 Å². The Balaban J connectivity index is 2.07. The molecule has 0 aliphatic carbocycles. The summed E-state index contributed by atoms with van der Waals surface area (Å²) in [7, 11) is 0. The van der Waals surface area contributed by atoms with Gasteiger partial charge in [-0.25, -0.2) is 4.98 Å². The zero-order chi connectivity index (χ0) is 17.6. The van der Waals surface area contributed by atoms with Gasteiger partial charge in [-0.15, -0.1) is 0 Å². The second-order valence-corrected chi connectivity index (χ2v) is 5.61. The largest absolute Gasteiger partial charge is 0.417 e. The first-order chi connectivity index (χ1) is 12.0. The Hall–Kier alpha value is -3.15. The third-order valence-electron chi connectivity index (χ3n) is 4.10. The maximum Gasteiger partial charge on any atom is 0.417 e. The van der Waals surface area contributed by atoms with Gasteiger partial charge < -0.3 is 0 Å². The predicted molar refractivity (Wildman–Crippen MR) is 89.8 cm³/mol. The van der Waals surface area contributed by atoms with E-state index in [1.54, 1.807) is 24.3 Å². The number of nitrogens with zero attached hydrogens (tertiary/aromatic N) is 2. The van der Waals surface area contributed by atoms with Crippen molar-refractivity contribution in [3.8, 4) is 5.82 Å². The number of para-hydroxylation sites is 1. The molecular weight excluding hydrogens is 329 g/mol. The predicted octanol–water partition coefficient (Wildman–Crippen LogP) is 4.56. The van der Waals surface area contributed by atoms with Crippen molar-refractivity contribution in [2.75, 3.05) is 0 Å². The minimum atomic E-state index is -4.47. The highest BCUT2D eigenvalue weighted by Gasteiger charge is 2.30. The van der Waals surface area contributed by atoms with Gasteiger partial charge in [0.05, 0.1) is 11.1 Å². The van der Waals surface area contributed by atoms with Crippen molar-refractivity contribution in [1.29, 1.82) is 0 Å². The molecule has 0 aliphatic rings. The molecule has 0 fully saturated rings. The first-order valence-corrected chi connectivity index (χ1v) is 7.53. The van der Waals surface area contributed by atoms with Crippen LogP contribution in [0.1, 0.15) is 5.56 Å². The molecule has 2 aromatic carbocycles. The topological polar surface area (TPSA) is 34.9 Å². The van der Waals surface area contributed by atoms with Gasteiger partial charge in [0.1, 0.15) is 5.82 Å². The molecule has 4 rings (SSSR count). The lowest BCUT2D eigenvalue weighted by atomic mass is 10.1. The Bertz CT molecular complexity index is 1150. The second-order valence-electron chi connectivity index (χ2n) is 5.61. The van der Waals surface area contributed by atoms with Crippen molar-refractivity contribution in [1.82, 2.24) is 9.55 Å². The van der Waals surface area contributed by atoms with E-state index in [-0.39, 0.29) is 11.4 Å². The molecule has 0 saturated heterocycles. The Morgan fingerprint density at radius 2 is 1.44 bits per heavy atom. The summed E-state index contributed by atoms with van der Waals surface area (Å²) >= 11 is 0. The molecule has 4 aromatic rings. The van der Waals surface area contributed by atoms with Gasteiger partial charge in [0.2, 0.25) is 0 Å². The van der Waals surface area contributed by atoms with Crippen LogP contribution in [0.15, 0.2) is 71.7 Å². The Morgan fingerprint density at radius 3 is 2.08 bits per heavy atom. The molecule has 0 radical (unpaired) electrons. The normalized spacial score (nSPS) is 12.0. The number of hydrogen-bond acceptors (Lipinski definition) is 2. The van der Waals surface area contributed by atoms with E-state index in [0.29, 0.717) is 10.9 Å². The van der Waals surface area contributed by atoms with E-state index in [1.807, 2.05) is 24.3 Å². The van der Waals surface area contributed by atoms with Crippen LogP contribution in [-0.4, -0.2) is 9.55 Å². The number of hydrogen-bond donors (Lipinski definition) is 0. The van der Waals surface area contributed by atoms with Crippen LogP contribution >= 0.6 is 0 Å². The van der Waals surface area contributed by atoms with Crippen molar-refractivity contribution >= 4 is 21.7 Å². The lowest BCUT2D eigenvalue weighted by molar-refractivity contribution is -0.137. The van der Waals surface area contributed by atoms with E-state index in [0.717, 1.165) is 23.0 Å². The summed E-state index contributed by atoms with van der Waals surface area (Å²) in [5.41, 5.74) is -0.575. The summed E-state index contributed by atoms with van der Waals surface area (Å²) in [6.07, 6.45) is -3.73. The van der Waals surface area contributed by atoms with E-state index < -0.39 is 11.7 Å². The van der Waals surface area contributed by atoms with Crippen molar-refractivity contribution in [2.24, 2.45) is 0 Å². The first kappa shape index (κ1) is 15.4. The minimum absolute atomic E-state index is 0.153. The van der Waals surface area contributed by atoms with Crippen molar-refractivity contribution in [3.63, 3.8) is 0 Å². The van der Waals surface area contributed by atoms with E-state index in [9.17, 15) is 18.0 Å². The molecule has 0 bridgehead atoms. The van der Waals surface area contributed by atoms with Crippen molar-refractivity contribution < 1.29 is 13.2 Å². The molecule has 3 nitrogen and oxygen atoms in total. The number of fused-ring (bicyclic) bond motifs is 3. The molecule has 2 heterocycles. The first-order valence-electron chi connectivity index (χ1n) is 7.53. The SMILES string of the molecule is O=c1c2ccccc2c2ccccc2n1-c1ccc(C(F)(F)F)cn1. The molecule has 0 aliphatic heterocycles. The molecule has 0 N–H and O–H groups in total. The Morgan fingerprint density at radius 1 is 0.800 bits per heavy atom. The number of benzene rings is 2. The Kier molecular flexibility index (Phi) is 3.35. The smallest absolute Gasteiger partial charge is 0.268 e. The van der Waals surface area contributed by atoms with Gasteiger partial charge in [-0.3, -0.25) is 9.36 Å². The summed E-state index contributed by atoms with van der Waals surface area (Å²) in [5.74, 6) is 0.153. The van der Waals surface area contributed by atoms with Crippen LogP contribution < -0.4 is 5.56 Å². The maximum atomic E-state index is 12.9. The maximum absolute atomic E-state index is 12.9. The zero-order valence-electron chi connectivity index (χ0n) is 12.8. The van der Waals surface area contributed by atoms with Crippen LogP contribution in [-0.2, 0) is 6.18 Å². The molecule has 6 heteroatoms. The van der Waals surface area contributed by atoms with E-state index in [4.69, 9.17) is 0 Å². The molecule has 0 atom stereocenters. The van der Waals surface area contributed by atoms with Crippen LogP contribution in [0, 0.1) is 0 Å². The molecule has 0 unspecified atom stereocenters. The number of alkyl halides is 3. The van der Waals surface area contributed by atoms with Gasteiger partial charge in [0.15, 0.2) is 0 Å². The van der Waals surface area contributed by atoms with Crippen LogP contribution in [0.5, 0.6) is 0 Å². The standard InChI is InChI=1S/C19H11F3N2O/c20-19(21,22)12-9-10-17(23-11-12)24-16-8-4-3-6-14(16)13-5-1-2-7-15(13)18(24)25/h1-11H. The molecule has 124 valence electrons. The summed E-state index contributed by atoms with van der Waals surface area (Å²) in [4.78, 5) is 16.8. The lowest BCUT2D eigenvalue weighted by Crippen LogP contribution is -2.20. The summed E-state index contributed by atoms with van der Waals surface area (Å²) in [6, 6.07) is 16.5. The third kappa shape index (κ3) is 2.46. The average molecular weight is 340 g/mol. The van der Waals surface area contributed by atoms with Crippen LogP contribution in [0.2, 0.25) is 0 Å². The van der Waals surface area contributed by atoms with Crippen LogP contribution in [0.4, 0.5) is 13.2 Å². The lowest BCUT2D eigenvalue weighted by Gasteiger charge is -2.13. The van der Waals surface area contributed by atoms with Gasteiger partial charge in [-0.05, 0) is 29.7 Å². The van der Waals surface area contributed by atoms with Crippen molar-refractivity contribution in [2.45, 2.75) is 6.18 Å². The number of rotatable bonds is 1. The second kappa shape index (κ2) is 5.44. The summed E-state index contributed by atoms with van der Waals surface area (Å²) in [6.45, 7) is 0. The van der Waals surface area contributed by atoms with Gasteiger partial charge in [-0.1, -0.05) is 36.4 Å². The highest BCUT2D eigenvalue weighted by atomic mass is 19.4.